The second-order valence-electron chi connectivity index (χ2n) is 6.11. The number of guanidine groups is 1. The van der Waals surface area contributed by atoms with Gasteiger partial charge in [-0.25, -0.2) is 4.99 Å². The quantitative estimate of drug-likeness (QED) is 0.262. The van der Waals surface area contributed by atoms with E-state index in [9.17, 15) is 8.78 Å². The van der Waals surface area contributed by atoms with Crippen molar-refractivity contribution >= 4 is 29.9 Å². The number of aliphatic imine (C=N–C) groups is 1. The van der Waals surface area contributed by atoms with Crippen LogP contribution in [0.4, 0.5) is 8.78 Å². The van der Waals surface area contributed by atoms with E-state index in [4.69, 9.17) is 14.2 Å². The average molecular weight is 551 g/mol. The fourth-order valence-corrected chi connectivity index (χ4v) is 2.76. The predicted octanol–water partition coefficient (Wildman–Crippen LogP) is 4.19. The summed E-state index contributed by atoms with van der Waals surface area (Å²) in [4.78, 5) is 4.57. The minimum Gasteiger partial charge on any atom is -0.493 e. The summed E-state index contributed by atoms with van der Waals surface area (Å²) in [6.07, 6.45) is 0. The van der Waals surface area contributed by atoms with Crippen LogP contribution in [0.1, 0.15) is 18.1 Å². The van der Waals surface area contributed by atoms with E-state index in [0.717, 1.165) is 11.1 Å². The van der Waals surface area contributed by atoms with Crippen LogP contribution in [0, 0.1) is 0 Å². The van der Waals surface area contributed by atoms with Gasteiger partial charge in [0, 0.05) is 13.1 Å². The van der Waals surface area contributed by atoms with Gasteiger partial charge in [-0.1, -0.05) is 12.1 Å². The minimum atomic E-state index is -2.86. The second kappa shape index (κ2) is 13.7. The Morgan fingerprint density at radius 2 is 1.65 bits per heavy atom. The zero-order valence-corrected chi connectivity index (χ0v) is 20.2. The molecule has 0 amide bonds. The molecule has 0 aromatic heterocycles. The average Bonchev–Trinajstić information content (AvgIpc) is 2.74. The van der Waals surface area contributed by atoms with Gasteiger partial charge in [-0.15, -0.1) is 24.0 Å². The van der Waals surface area contributed by atoms with E-state index in [-0.39, 0.29) is 29.7 Å². The third kappa shape index (κ3) is 8.27. The number of rotatable bonds is 10. The lowest BCUT2D eigenvalue weighted by atomic mass is 10.2. The third-order valence-corrected chi connectivity index (χ3v) is 4.07. The second-order valence-corrected chi connectivity index (χ2v) is 6.11. The number of alkyl halides is 2. The fraction of sp³-hybridized carbons (Fsp3) is 0.381. The minimum absolute atomic E-state index is 0. The highest BCUT2D eigenvalue weighted by molar-refractivity contribution is 14.0. The summed E-state index contributed by atoms with van der Waals surface area (Å²) in [6, 6.07) is 10.2. The van der Waals surface area contributed by atoms with Crippen LogP contribution in [0.2, 0.25) is 0 Å². The molecular formula is C21H28F2IN3O4. The van der Waals surface area contributed by atoms with E-state index in [2.05, 4.69) is 20.4 Å². The zero-order valence-electron chi connectivity index (χ0n) is 17.9. The highest BCUT2D eigenvalue weighted by Crippen LogP contribution is 2.38. The topological polar surface area (TPSA) is 73.3 Å². The first-order valence-electron chi connectivity index (χ1n) is 9.35. The lowest BCUT2D eigenvalue weighted by Gasteiger charge is -2.14. The fourth-order valence-electron chi connectivity index (χ4n) is 2.76. The monoisotopic (exact) mass is 551 g/mol. The maximum atomic E-state index is 12.4. The molecule has 31 heavy (non-hydrogen) atoms. The van der Waals surface area contributed by atoms with Gasteiger partial charge in [0.25, 0.3) is 0 Å². The van der Waals surface area contributed by atoms with Crippen molar-refractivity contribution in [1.82, 2.24) is 10.6 Å². The first kappa shape index (κ1) is 26.5. The van der Waals surface area contributed by atoms with E-state index in [1.165, 1.54) is 6.07 Å². The lowest BCUT2D eigenvalue weighted by Crippen LogP contribution is -2.36. The van der Waals surface area contributed by atoms with Gasteiger partial charge in [-0.05, 0) is 42.3 Å². The van der Waals surface area contributed by atoms with Crippen molar-refractivity contribution in [1.29, 1.82) is 0 Å². The Balaban J connectivity index is 0.00000480. The van der Waals surface area contributed by atoms with Gasteiger partial charge in [-0.3, -0.25) is 0 Å². The van der Waals surface area contributed by atoms with Crippen LogP contribution in [0.15, 0.2) is 41.4 Å². The Morgan fingerprint density at radius 1 is 0.968 bits per heavy atom. The number of ether oxygens (including phenoxy) is 4. The molecule has 0 bridgehead atoms. The molecule has 2 aromatic carbocycles. The standard InChI is InChI=1S/C21H27F2N3O4.HI/c1-5-24-21(25-12-14-7-6-8-16(9-14)30-20(22)23)26-13-15-10-17(27-2)19(29-4)18(11-15)28-3;/h6-11,20H,5,12-13H2,1-4H3,(H2,24,25,26);1H. The van der Waals surface area contributed by atoms with Crippen molar-refractivity contribution in [3.8, 4) is 23.0 Å². The van der Waals surface area contributed by atoms with Gasteiger partial charge in [0.05, 0.1) is 27.9 Å². The smallest absolute Gasteiger partial charge is 0.387 e. The van der Waals surface area contributed by atoms with Crippen molar-refractivity contribution in [3.05, 3.63) is 47.5 Å². The normalized spacial score (nSPS) is 10.9. The van der Waals surface area contributed by atoms with Gasteiger partial charge in [0.2, 0.25) is 5.75 Å². The first-order chi connectivity index (χ1) is 14.5. The third-order valence-electron chi connectivity index (χ3n) is 4.07. The van der Waals surface area contributed by atoms with Crippen molar-refractivity contribution < 1.29 is 27.7 Å². The molecule has 0 saturated heterocycles. The summed E-state index contributed by atoms with van der Waals surface area (Å²) >= 11 is 0. The SMILES string of the molecule is CCNC(=NCc1cc(OC)c(OC)c(OC)c1)NCc1cccc(OC(F)F)c1.I. The van der Waals surface area contributed by atoms with Crippen LogP contribution in [-0.4, -0.2) is 40.4 Å². The van der Waals surface area contributed by atoms with Gasteiger partial charge >= 0.3 is 6.61 Å². The van der Waals surface area contributed by atoms with Crippen molar-refractivity contribution in [2.24, 2.45) is 4.99 Å². The van der Waals surface area contributed by atoms with Crippen molar-refractivity contribution in [3.63, 3.8) is 0 Å². The van der Waals surface area contributed by atoms with Gasteiger partial charge in [-0.2, -0.15) is 8.78 Å². The Labute approximate surface area is 198 Å². The molecule has 2 aromatic rings. The molecule has 0 aliphatic heterocycles. The molecule has 2 rings (SSSR count). The Kier molecular flexibility index (Phi) is 11.8. The summed E-state index contributed by atoms with van der Waals surface area (Å²) in [5, 5.41) is 6.33. The first-order valence-corrected chi connectivity index (χ1v) is 9.35. The number of nitrogens with zero attached hydrogens (tertiary/aromatic N) is 1. The molecule has 0 atom stereocenters. The van der Waals surface area contributed by atoms with Gasteiger partial charge in [0.15, 0.2) is 17.5 Å². The number of hydrogen-bond acceptors (Lipinski definition) is 5. The molecule has 0 aliphatic rings. The summed E-state index contributed by atoms with van der Waals surface area (Å²) in [5.41, 5.74) is 1.65. The number of benzene rings is 2. The number of halogens is 3. The Hall–Kier alpha value is -2.50. The summed E-state index contributed by atoms with van der Waals surface area (Å²) in [6.45, 7) is 0.511. The van der Waals surface area contributed by atoms with Crippen LogP contribution < -0.4 is 29.6 Å². The van der Waals surface area contributed by atoms with Crippen LogP contribution >= 0.6 is 24.0 Å². The van der Waals surface area contributed by atoms with E-state index < -0.39 is 6.61 Å². The molecule has 0 unspecified atom stereocenters. The van der Waals surface area contributed by atoms with Crippen molar-refractivity contribution in [2.75, 3.05) is 27.9 Å². The maximum absolute atomic E-state index is 12.4. The number of hydrogen-bond donors (Lipinski definition) is 2. The molecule has 0 fully saturated rings. The summed E-state index contributed by atoms with van der Waals surface area (Å²) in [5.74, 6) is 2.31. The van der Waals surface area contributed by atoms with Gasteiger partial charge < -0.3 is 29.6 Å². The van der Waals surface area contributed by atoms with Crippen molar-refractivity contribution in [2.45, 2.75) is 26.6 Å². The maximum Gasteiger partial charge on any atom is 0.387 e. The molecule has 0 heterocycles. The molecule has 0 radical (unpaired) electrons. The van der Waals surface area contributed by atoms with E-state index in [1.807, 2.05) is 25.1 Å². The molecule has 0 aliphatic carbocycles. The molecule has 10 heteroatoms. The Bertz CT molecular complexity index is 828. The highest BCUT2D eigenvalue weighted by Gasteiger charge is 2.13. The molecule has 2 N–H and O–H groups in total. The number of methoxy groups -OCH3 is 3. The van der Waals surface area contributed by atoms with Crippen LogP contribution in [0.5, 0.6) is 23.0 Å². The van der Waals surface area contributed by atoms with Gasteiger partial charge in [0.1, 0.15) is 5.75 Å². The molecule has 0 spiro atoms. The molecule has 0 saturated carbocycles. The summed E-state index contributed by atoms with van der Waals surface area (Å²) in [7, 11) is 4.66. The predicted molar refractivity (Wildman–Crippen MR) is 126 cm³/mol. The summed E-state index contributed by atoms with van der Waals surface area (Å²) < 4.78 is 45.3. The molecule has 172 valence electrons. The van der Waals surface area contributed by atoms with Crippen LogP contribution in [-0.2, 0) is 13.1 Å². The van der Waals surface area contributed by atoms with E-state index in [1.54, 1.807) is 33.5 Å². The largest absolute Gasteiger partial charge is 0.493 e. The molecular weight excluding hydrogens is 523 g/mol. The lowest BCUT2D eigenvalue weighted by molar-refractivity contribution is -0.0498. The Morgan fingerprint density at radius 3 is 2.19 bits per heavy atom. The highest BCUT2D eigenvalue weighted by atomic mass is 127. The molecule has 7 nitrogen and oxygen atoms in total. The van der Waals surface area contributed by atoms with E-state index in [0.29, 0.717) is 42.8 Å². The number of nitrogens with one attached hydrogen (secondary N) is 2. The van der Waals surface area contributed by atoms with Crippen LogP contribution in [0.3, 0.4) is 0 Å². The van der Waals surface area contributed by atoms with Crippen LogP contribution in [0.25, 0.3) is 0 Å². The zero-order chi connectivity index (χ0) is 21.9. The van der Waals surface area contributed by atoms with E-state index >= 15 is 0 Å².